The molecule has 2 bridgehead atoms. The van der Waals surface area contributed by atoms with Crippen molar-refractivity contribution in [2.24, 2.45) is 28.5 Å². The molecule has 4 fully saturated rings. The van der Waals surface area contributed by atoms with Gasteiger partial charge in [0.25, 0.3) is 5.91 Å². The van der Waals surface area contributed by atoms with Crippen molar-refractivity contribution in [3.05, 3.63) is 41.9 Å². The van der Waals surface area contributed by atoms with Crippen molar-refractivity contribution in [1.82, 2.24) is 20.4 Å². The monoisotopic (exact) mass is 637 g/mol. The molecule has 5 rings (SSSR count). The lowest BCUT2D eigenvalue weighted by molar-refractivity contribution is -0.138. The number of carbonyl (C=O) groups excluding carboxylic acids is 4. The molecule has 4 aliphatic rings. The van der Waals surface area contributed by atoms with E-state index in [2.05, 4.69) is 32.9 Å². The third-order valence-corrected chi connectivity index (χ3v) is 10.1. The van der Waals surface area contributed by atoms with Crippen molar-refractivity contribution < 1.29 is 23.6 Å². The molecule has 1 aromatic carbocycles. The molecule has 4 amide bonds. The van der Waals surface area contributed by atoms with Gasteiger partial charge in [-0.1, -0.05) is 19.9 Å². The number of halogens is 1. The average Bonchev–Trinajstić information content (AvgIpc) is 3.98. The van der Waals surface area contributed by atoms with E-state index in [4.69, 9.17) is 5.73 Å². The van der Waals surface area contributed by atoms with Gasteiger partial charge >= 0.3 is 0 Å². The van der Waals surface area contributed by atoms with Gasteiger partial charge in [0.2, 0.25) is 17.7 Å². The van der Waals surface area contributed by atoms with Gasteiger partial charge < -0.3 is 26.6 Å². The second kappa shape index (κ2) is 14.3. The molecule has 0 unspecified atom stereocenters. The highest BCUT2D eigenvalue weighted by Gasteiger charge is 2.49. The van der Waals surface area contributed by atoms with E-state index in [1.807, 2.05) is 4.90 Å². The van der Waals surface area contributed by atoms with Crippen molar-refractivity contribution in [3.63, 3.8) is 0 Å². The van der Waals surface area contributed by atoms with Crippen molar-refractivity contribution >= 4 is 35.0 Å². The summed E-state index contributed by atoms with van der Waals surface area (Å²) in [5, 5.41) is 8.51. The Labute approximate surface area is 270 Å². The number of carbonyl (C=O) groups is 4. The Balaban J connectivity index is 1.33. The number of hydrogen-bond acceptors (Lipinski definition) is 7. The van der Waals surface area contributed by atoms with E-state index in [1.165, 1.54) is 24.4 Å². The van der Waals surface area contributed by atoms with Gasteiger partial charge in [0.15, 0.2) is 0 Å². The van der Waals surface area contributed by atoms with Crippen LogP contribution in [0.4, 0.5) is 10.1 Å². The van der Waals surface area contributed by atoms with Crippen molar-refractivity contribution in [1.29, 1.82) is 0 Å². The summed E-state index contributed by atoms with van der Waals surface area (Å²) in [6.07, 6.45) is 7.74. The van der Waals surface area contributed by atoms with E-state index in [9.17, 15) is 19.2 Å². The van der Waals surface area contributed by atoms with E-state index >= 15 is 4.39 Å². The van der Waals surface area contributed by atoms with Crippen LogP contribution in [0.3, 0.4) is 0 Å². The van der Waals surface area contributed by atoms with Gasteiger partial charge in [-0.15, -0.1) is 0 Å². The summed E-state index contributed by atoms with van der Waals surface area (Å²) in [5.41, 5.74) is 6.17. The van der Waals surface area contributed by atoms with E-state index < -0.39 is 35.6 Å². The Bertz CT molecular complexity index is 1380. The molecule has 2 saturated carbocycles. The number of fused-ring (bicyclic) bond motifs is 2. The van der Waals surface area contributed by atoms with Crippen molar-refractivity contribution in [3.8, 4) is 0 Å². The second-order valence-corrected chi connectivity index (χ2v) is 13.3. The first kappa shape index (κ1) is 33.6. The largest absolute Gasteiger partial charge is 0.405 e. The first-order chi connectivity index (χ1) is 22.1. The number of likely N-dealkylation sites (tertiary alicyclic amines) is 2. The summed E-state index contributed by atoms with van der Waals surface area (Å²) in [5.74, 6) is -1.97. The Hall–Kier alpha value is -3.80. The molecule has 11 nitrogen and oxygen atoms in total. The number of rotatable bonds is 14. The molecule has 1 aromatic rings. The highest BCUT2D eigenvalue weighted by Crippen LogP contribution is 2.51. The highest BCUT2D eigenvalue weighted by atomic mass is 19.1. The number of nitrogens with zero attached hydrogens (tertiary/aromatic N) is 3. The maximum Gasteiger partial charge on any atom is 0.270 e. The van der Waals surface area contributed by atoms with E-state index in [-0.39, 0.29) is 41.6 Å². The van der Waals surface area contributed by atoms with Crippen LogP contribution in [0, 0.1) is 23.6 Å². The number of amides is 4. The Morgan fingerprint density at radius 3 is 2.26 bits per heavy atom. The van der Waals surface area contributed by atoms with Crippen molar-refractivity contribution in [2.45, 2.75) is 89.4 Å². The lowest BCUT2D eigenvalue weighted by atomic mass is 9.88. The Morgan fingerprint density at radius 1 is 1.04 bits per heavy atom. The number of benzene rings is 1. The molecule has 46 heavy (non-hydrogen) atoms. The minimum atomic E-state index is -0.861. The Kier molecular flexibility index (Phi) is 10.4. The molecule has 250 valence electrons. The molecular formula is C34H48FN7O4. The number of anilines is 1. The van der Waals surface area contributed by atoms with Crippen molar-refractivity contribution in [2.75, 3.05) is 32.0 Å². The molecule has 5 atom stereocenters. The summed E-state index contributed by atoms with van der Waals surface area (Å²) in [6.45, 7) is 7.11. The molecule has 0 radical (unpaired) electrons. The zero-order chi connectivity index (χ0) is 33.1. The highest BCUT2D eigenvalue weighted by molar-refractivity contribution is 6.43. The van der Waals surface area contributed by atoms with Crippen LogP contribution < -0.4 is 21.7 Å². The lowest BCUT2D eigenvalue weighted by Gasteiger charge is -2.36. The Morgan fingerprint density at radius 2 is 1.74 bits per heavy atom. The quantitative estimate of drug-likeness (QED) is 0.231. The van der Waals surface area contributed by atoms with Crippen LogP contribution in [0.1, 0.15) is 70.8 Å². The molecule has 12 heteroatoms. The predicted molar refractivity (Wildman–Crippen MR) is 174 cm³/mol. The summed E-state index contributed by atoms with van der Waals surface area (Å²) in [7, 11) is 2.06. The number of nitrogens with two attached hydrogens (primary N) is 1. The zero-order valence-corrected chi connectivity index (χ0v) is 27.3. The zero-order valence-electron chi connectivity index (χ0n) is 27.3. The van der Waals surface area contributed by atoms with Crippen LogP contribution >= 0.6 is 0 Å². The van der Waals surface area contributed by atoms with E-state index in [0.717, 1.165) is 38.6 Å². The molecule has 2 saturated heterocycles. The van der Waals surface area contributed by atoms with E-state index in [0.29, 0.717) is 36.5 Å². The number of hydrogen-bond donors (Lipinski definition) is 4. The molecule has 2 heterocycles. The molecule has 2 aliphatic heterocycles. The molecular weight excluding hydrogens is 589 g/mol. The van der Waals surface area contributed by atoms with Crippen LogP contribution in [0.25, 0.3) is 0 Å². The van der Waals surface area contributed by atoms with Gasteiger partial charge in [-0.05, 0) is 93.8 Å². The average molecular weight is 638 g/mol. The maximum atomic E-state index is 15.7. The lowest BCUT2D eigenvalue weighted by Crippen LogP contribution is -2.55. The van der Waals surface area contributed by atoms with Gasteiger partial charge in [0.1, 0.15) is 23.6 Å². The SMILES string of the molecule is CCN=C(/C=C\N)C(=O)N[C@H](C(=O)Nc1ccc([C@H](C)[C@@H](NC(=O)CC)C(=O)N2C[C@H]3C[C@@H]2CN3C)cc1F)C(C1CC1)C1CC1. The van der Waals surface area contributed by atoms with Crippen LogP contribution in [0.15, 0.2) is 35.5 Å². The summed E-state index contributed by atoms with van der Waals surface area (Å²) >= 11 is 0. The molecule has 0 spiro atoms. The molecule has 0 aromatic heterocycles. The normalized spacial score (nSPS) is 23.4. The van der Waals surface area contributed by atoms with Gasteiger partial charge in [-0.25, -0.2) is 4.39 Å². The number of aliphatic imine (C=N–C) groups is 1. The summed E-state index contributed by atoms with van der Waals surface area (Å²) in [6, 6.07) is 3.17. The number of likely N-dealkylation sites (N-methyl/N-ethyl adjacent to an activating group) is 1. The third kappa shape index (κ3) is 7.43. The van der Waals surface area contributed by atoms with Gasteiger partial charge in [0, 0.05) is 44.1 Å². The fourth-order valence-corrected chi connectivity index (χ4v) is 7.21. The molecule has 2 aliphatic carbocycles. The first-order valence-corrected chi connectivity index (χ1v) is 16.7. The first-order valence-electron chi connectivity index (χ1n) is 16.7. The standard InChI is InChI=1S/C34H48FN7O4/c1-5-28(43)39-30(34(46)42-18-23-16-24(42)17-41(23)4)19(3)22-11-12-26(25(35)15-22)38-33(45)31(29(20-7-8-20)21-9-10-21)40-32(44)27(13-14-36)37-6-2/h11-15,19-21,23-24,29-31H,5-10,16-18,36H2,1-4H3,(H,38,45)(H,39,43)(H,40,44)/b14-13-,37-27?/t19-,23+,24+,30+,31-/m0/s1. The fraction of sp³-hybridized carbons (Fsp3) is 0.618. The summed E-state index contributed by atoms with van der Waals surface area (Å²) in [4.78, 5) is 61.5. The topological polar surface area (TPSA) is 149 Å². The minimum Gasteiger partial charge on any atom is -0.405 e. The van der Waals surface area contributed by atoms with Gasteiger partial charge in [-0.2, -0.15) is 0 Å². The van der Waals surface area contributed by atoms with Crippen LogP contribution in [0.5, 0.6) is 0 Å². The predicted octanol–water partition coefficient (Wildman–Crippen LogP) is 2.53. The second-order valence-electron chi connectivity index (χ2n) is 13.3. The van der Waals surface area contributed by atoms with Gasteiger partial charge in [-0.3, -0.25) is 29.1 Å². The van der Waals surface area contributed by atoms with E-state index in [1.54, 1.807) is 26.8 Å². The van der Waals surface area contributed by atoms with Crippen LogP contribution in [0.2, 0.25) is 0 Å². The summed E-state index contributed by atoms with van der Waals surface area (Å²) < 4.78 is 15.7. The molecule has 5 N–H and O–H groups in total. The van der Waals surface area contributed by atoms with Gasteiger partial charge in [0.05, 0.1) is 5.69 Å². The number of piperazine rings is 1. The maximum absolute atomic E-state index is 15.7. The van der Waals surface area contributed by atoms with Crippen LogP contribution in [-0.4, -0.2) is 90.0 Å². The van der Waals surface area contributed by atoms with Crippen LogP contribution in [-0.2, 0) is 19.2 Å². The fourth-order valence-electron chi connectivity index (χ4n) is 7.21. The third-order valence-electron chi connectivity index (χ3n) is 10.1. The smallest absolute Gasteiger partial charge is 0.270 e. The minimum absolute atomic E-state index is 0.0183. The number of nitrogens with one attached hydrogen (secondary N) is 3.